The summed E-state index contributed by atoms with van der Waals surface area (Å²) in [7, 11) is 5.20. The van der Waals surface area contributed by atoms with Gasteiger partial charge in [-0.25, -0.2) is 0 Å². The summed E-state index contributed by atoms with van der Waals surface area (Å²) in [6.07, 6.45) is 6.09. The minimum Gasteiger partial charge on any atom is -0.506 e. The fourth-order valence-electron chi connectivity index (χ4n) is 1.89. The van der Waals surface area contributed by atoms with Gasteiger partial charge in [0.2, 0.25) is 5.78 Å². The molecule has 0 aromatic heterocycles. The van der Waals surface area contributed by atoms with Crippen LogP contribution in [0, 0.1) is 0 Å². The van der Waals surface area contributed by atoms with E-state index in [1.54, 1.807) is 29.4 Å². The highest BCUT2D eigenvalue weighted by atomic mass is 16.5. The van der Waals surface area contributed by atoms with Crippen LogP contribution in [-0.2, 0) is 4.79 Å². The Bertz CT molecular complexity index is 648. The molecule has 6 nitrogen and oxygen atoms in total. The number of aliphatic hydroxyl groups excluding tert-OH is 1. The third-order valence-corrected chi connectivity index (χ3v) is 2.99. The van der Waals surface area contributed by atoms with E-state index in [4.69, 9.17) is 4.74 Å². The highest BCUT2D eigenvalue weighted by molar-refractivity contribution is 6.04. The lowest BCUT2D eigenvalue weighted by molar-refractivity contribution is -0.111. The van der Waals surface area contributed by atoms with Crippen LogP contribution in [0.4, 0.5) is 5.69 Å². The third-order valence-electron chi connectivity index (χ3n) is 2.99. The predicted molar refractivity (Wildman–Crippen MR) is 85.2 cm³/mol. The molecule has 0 saturated carbocycles. The van der Waals surface area contributed by atoms with Crippen molar-refractivity contribution in [2.75, 3.05) is 26.2 Å². The molecule has 0 spiro atoms. The van der Waals surface area contributed by atoms with Gasteiger partial charge in [-0.15, -0.1) is 0 Å². The molecule has 0 bridgehead atoms. The van der Waals surface area contributed by atoms with Gasteiger partial charge in [-0.3, -0.25) is 15.2 Å². The highest BCUT2D eigenvalue weighted by Gasteiger charge is 2.20. The van der Waals surface area contributed by atoms with Gasteiger partial charge in [0.05, 0.1) is 7.11 Å². The van der Waals surface area contributed by atoms with Gasteiger partial charge in [0, 0.05) is 38.6 Å². The average Bonchev–Trinajstić information content (AvgIpc) is 2.53. The van der Waals surface area contributed by atoms with Crippen LogP contribution in [0.2, 0.25) is 0 Å². The maximum absolute atomic E-state index is 12.2. The van der Waals surface area contributed by atoms with E-state index in [9.17, 15) is 9.90 Å². The number of anilines is 1. The van der Waals surface area contributed by atoms with Gasteiger partial charge < -0.3 is 14.7 Å². The van der Waals surface area contributed by atoms with Gasteiger partial charge in [0.15, 0.2) is 0 Å². The van der Waals surface area contributed by atoms with E-state index in [-0.39, 0.29) is 17.2 Å². The predicted octanol–water partition coefficient (Wildman–Crippen LogP) is 1.95. The number of methoxy groups -OCH3 is 1. The van der Waals surface area contributed by atoms with E-state index >= 15 is 0 Å². The van der Waals surface area contributed by atoms with Gasteiger partial charge in [-0.05, 0) is 12.1 Å². The monoisotopic (exact) mass is 301 g/mol. The van der Waals surface area contributed by atoms with Gasteiger partial charge in [0.25, 0.3) is 0 Å². The molecule has 1 aromatic rings. The van der Waals surface area contributed by atoms with E-state index in [1.807, 2.05) is 38.4 Å². The first kappa shape index (κ1) is 15.5. The van der Waals surface area contributed by atoms with Crippen molar-refractivity contribution in [3.8, 4) is 5.75 Å². The SMILES string of the molecule is COc1ccccc1N1C=CC(O)=C(C(=O)/C=C/N(C)C)N1. The second-order valence-corrected chi connectivity index (χ2v) is 4.87. The van der Waals surface area contributed by atoms with Crippen LogP contribution in [0.3, 0.4) is 0 Å². The average molecular weight is 301 g/mol. The number of hydrogen-bond donors (Lipinski definition) is 2. The van der Waals surface area contributed by atoms with Crippen LogP contribution in [0.5, 0.6) is 5.75 Å². The van der Waals surface area contributed by atoms with Crippen LogP contribution >= 0.6 is 0 Å². The fourth-order valence-corrected chi connectivity index (χ4v) is 1.89. The van der Waals surface area contributed by atoms with Crippen LogP contribution in [-0.4, -0.2) is 37.0 Å². The molecule has 0 fully saturated rings. The van der Waals surface area contributed by atoms with E-state index in [0.29, 0.717) is 5.75 Å². The number of para-hydroxylation sites is 2. The molecule has 2 rings (SSSR count). The molecule has 22 heavy (non-hydrogen) atoms. The Morgan fingerprint density at radius 2 is 2.09 bits per heavy atom. The summed E-state index contributed by atoms with van der Waals surface area (Å²) in [5.74, 6) is 0.215. The summed E-state index contributed by atoms with van der Waals surface area (Å²) in [4.78, 5) is 13.9. The summed E-state index contributed by atoms with van der Waals surface area (Å²) >= 11 is 0. The molecule has 116 valence electrons. The molecule has 0 saturated heterocycles. The van der Waals surface area contributed by atoms with Crippen molar-refractivity contribution in [2.45, 2.75) is 0 Å². The van der Waals surface area contributed by atoms with Crippen LogP contribution < -0.4 is 15.2 Å². The Morgan fingerprint density at radius 1 is 1.36 bits per heavy atom. The lowest BCUT2D eigenvalue weighted by atomic mass is 10.2. The first-order valence-corrected chi connectivity index (χ1v) is 6.72. The van der Waals surface area contributed by atoms with Gasteiger partial charge in [-0.1, -0.05) is 12.1 Å². The largest absolute Gasteiger partial charge is 0.506 e. The van der Waals surface area contributed by atoms with Crippen LogP contribution in [0.15, 0.2) is 60.3 Å². The topological polar surface area (TPSA) is 65.0 Å². The molecule has 0 aliphatic carbocycles. The number of carbonyl (C=O) groups is 1. The van der Waals surface area contributed by atoms with E-state index < -0.39 is 0 Å². The van der Waals surface area contributed by atoms with E-state index in [1.165, 1.54) is 12.2 Å². The summed E-state index contributed by atoms with van der Waals surface area (Å²) < 4.78 is 5.30. The quantitative estimate of drug-likeness (QED) is 0.810. The normalized spacial score (nSPS) is 14.2. The zero-order valence-electron chi connectivity index (χ0n) is 12.8. The molecule has 0 radical (unpaired) electrons. The van der Waals surface area contributed by atoms with Crippen molar-refractivity contribution in [3.05, 3.63) is 60.3 Å². The van der Waals surface area contributed by atoms with E-state index in [2.05, 4.69) is 5.43 Å². The Hall–Kier alpha value is -2.89. The molecule has 1 aliphatic rings. The molecule has 0 atom stereocenters. The van der Waals surface area contributed by atoms with Crippen molar-refractivity contribution < 1.29 is 14.6 Å². The number of allylic oxidation sites excluding steroid dienone is 2. The van der Waals surface area contributed by atoms with Crippen molar-refractivity contribution in [1.29, 1.82) is 0 Å². The van der Waals surface area contributed by atoms with Crippen molar-refractivity contribution in [3.63, 3.8) is 0 Å². The molecule has 1 heterocycles. The smallest absolute Gasteiger partial charge is 0.208 e. The van der Waals surface area contributed by atoms with Crippen LogP contribution in [0.25, 0.3) is 0 Å². The van der Waals surface area contributed by atoms with Crippen molar-refractivity contribution >= 4 is 11.5 Å². The minimum absolute atomic E-state index is 0.103. The van der Waals surface area contributed by atoms with Gasteiger partial charge >= 0.3 is 0 Å². The maximum atomic E-state index is 12.2. The maximum Gasteiger partial charge on any atom is 0.208 e. The molecule has 0 unspecified atom stereocenters. The number of nitrogens with zero attached hydrogens (tertiary/aromatic N) is 2. The summed E-state index contributed by atoms with van der Waals surface area (Å²) in [6.45, 7) is 0. The highest BCUT2D eigenvalue weighted by Crippen LogP contribution is 2.28. The minimum atomic E-state index is -0.324. The van der Waals surface area contributed by atoms with Crippen LogP contribution in [0.1, 0.15) is 0 Å². The third kappa shape index (κ3) is 3.41. The molecular formula is C16H19N3O3. The first-order valence-electron chi connectivity index (χ1n) is 6.72. The Kier molecular flexibility index (Phi) is 4.73. The number of hydrogen-bond acceptors (Lipinski definition) is 6. The van der Waals surface area contributed by atoms with Crippen molar-refractivity contribution in [2.24, 2.45) is 0 Å². The number of aliphatic hydroxyl groups is 1. The van der Waals surface area contributed by atoms with Crippen molar-refractivity contribution in [1.82, 2.24) is 10.3 Å². The summed E-state index contributed by atoms with van der Waals surface area (Å²) in [5, 5.41) is 11.5. The number of ketones is 1. The van der Waals surface area contributed by atoms with Gasteiger partial charge in [0.1, 0.15) is 22.9 Å². The zero-order chi connectivity index (χ0) is 16.1. The Morgan fingerprint density at radius 3 is 2.77 bits per heavy atom. The number of ether oxygens (including phenoxy) is 1. The van der Waals surface area contributed by atoms with Gasteiger partial charge in [-0.2, -0.15) is 0 Å². The summed E-state index contributed by atoms with van der Waals surface area (Å²) in [6, 6.07) is 7.38. The molecule has 6 heteroatoms. The lowest BCUT2D eigenvalue weighted by Crippen LogP contribution is -2.38. The molecule has 2 N–H and O–H groups in total. The Balaban J connectivity index is 2.25. The first-order chi connectivity index (χ1) is 10.5. The molecule has 0 amide bonds. The fraction of sp³-hybridized carbons (Fsp3) is 0.188. The van der Waals surface area contributed by atoms with E-state index in [0.717, 1.165) is 5.69 Å². The summed E-state index contributed by atoms with van der Waals surface area (Å²) in [5.41, 5.74) is 3.73. The number of nitrogens with one attached hydrogen (secondary N) is 1. The molecular weight excluding hydrogens is 282 g/mol. The standard InChI is InChI=1S/C16H19N3O3/c1-18(2)10-8-13(20)16-14(21)9-11-19(17-16)12-6-4-5-7-15(12)22-3/h4-11,17,21H,1-3H3/b10-8+. The number of hydrazine groups is 1. The molecule has 1 aromatic carbocycles. The Labute approximate surface area is 129 Å². The number of carbonyl (C=O) groups excluding carboxylic acids is 1. The lowest BCUT2D eigenvalue weighted by Gasteiger charge is -2.27. The second-order valence-electron chi connectivity index (χ2n) is 4.87. The number of benzene rings is 1. The second kappa shape index (κ2) is 6.71. The number of rotatable bonds is 5. The zero-order valence-corrected chi connectivity index (χ0v) is 12.8. The molecule has 1 aliphatic heterocycles.